The number of amides is 1. The van der Waals surface area contributed by atoms with Crippen molar-refractivity contribution < 1.29 is 9.90 Å². The van der Waals surface area contributed by atoms with E-state index >= 15 is 0 Å². The molecule has 1 heterocycles. The quantitative estimate of drug-likeness (QED) is 0.629. The number of nitrogens with one attached hydrogen (secondary N) is 1. The summed E-state index contributed by atoms with van der Waals surface area (Å²) in [4.78, 5) is 11.3. The number of carbonyl (C=O) groups excluding carboxylic acids is 1. The van der Waals surface area contributed by atoms with E-state index in [1.54, 1.807) is 0 Å². The Morgan fingerprint density at radius 1 is 1.67 bits per heavy atom. The molecule has 1 unspecified atom stereocenters. The van der Waals surface area contributed by atoms with Crippen LogP contribution in [0.4, 0.5) is 0 Å². The summed E-state index contributed by atoms with van der Waals surface area (Å²) in [5.41, 5.74) is 0. The number of hydrogen-bond donors (Lipinski definition) is 2. The van der Waals surface area contributed by atoms with Crippen molar-refractivity contribution in [2.75, 3.05) is 6.54 Å². The molecule has 7 heteroatoms. The molecule has 84 valence electrons. The first kappa shape index (κ1) is 11.6. The Labute approximate surface area is 87.5 Å². The highest BCUT2D eigenvalue weighted by Gasteiger charge is 2.06. The SMILES string of the molecule is CCCC(O)CNC(=O)Cn1cnnn1. The Morgan fingerprint density at radius 3 is 3.07 bits per heavy atom. The second kappa shape index (κ2) is 6.07. The molecule has 0 fully saturated rings. The molecule has 0 aliphatic rings. The largest absolute Gasteiger partial charge is 0.391 e. The molecule has 1 aromatic rings. The number of aromatic nitrogens is 4. The lowest BCUT2D eigenvalue weighted by Crippen LogP contribution is -2.34. The van der Waals surface area contributed by atoms with Gasteiger partial charge >= 0.3 is 0 Å². The normalized spacial score (nSPS) is 12.4. The number of aliphatic hydroxyl groups is 1. The van der Waals surface area contributed by atoms with Crippen molar-refractivity contribution in [1.82, 2.24) is 25.5 Å². The Hall–Kier alpha value is -1.50. The van der Waals surface area contributed by atoms with Gasteiger partial charge in [0, 0.05) is 6.54 Å². The molecule has 0 saturated carbocycles. The van der Waals surface area contributed by atoms with Crippen LogP contribution < -0.4 is 5.32 Å². The van der Waals surface area contributed by atoms with Crippen LogP contribution in [0.5, 0.6) is 0 Å². The first-order valence-corrected chi connectivity index (χ1v) is 4.88. The Bertz CT molecular complexity index is 287. The van der Waals surface area contributed by atoms with Crippen LogP contribution in [0.15, 0.2) is 6.33 Å². The van der Waals surface area contributed by atoms with E-state index in [1.165, 1.54) is 11.0 Å². The minimum Gasteiger partial charge on any atom is -0.391 e. The Morgan fingerprint density at radius 2 is 2.47 bits per heavy atom. The van der Waals surface area contributed by atoms with Gasteiger partial charge in [0.05, 0.1) is 6.10 Å². The summed E-state index contributed by atoms with van der Waals surface area (Å²) in [6.45, 7) is 2.33. The van der Waals surface area contributed by atoms with Gasteiger partial charge in [0.1, 0.15) is 12.9 Å². The minimum absolute atomic E-state index is 0.0752. The van der Waals surface area contributed by atoms with Crippen molar-refractivity contribution in [1.29, 1.82) is 0 Å². The zero-order chi connectivity index (χ0) is 11.1. The molecule has 1 amide bonds. The molecule has 7 nitrogen and oxygen atoms in total. The Balaban J connectivity index is 2.19. The zero-order valence-corrected chi connectivity index (χ0v) is 8.63. The fourth-order valence-corrected chi connectivity index (χ4v) is 1.12. The topological polar surface area (TPSA) is 92.9 Å². The highest BCUT2D eigenvalue weighted by Crippen LogP contribution is 1.93. The van der Waals surface area contributed by atoms with Gasteiger partial charge in [-0.1, -0.05) is 13.3 Å². The molecule has 0 aliphatic carbocycles. The average Bonchev–Trinajstić information content (AvgIpc) is 2.68. The first-order valence-electron chi connectivity index (χ1n) is 4.88. The van der Waals surface area contributed by atoms with Crippen LogP contribution in [0.25, 0.3) is 0 Å². The van der Waals surface area contributed by atoms with Gasteiger partial charge in [0.25, 0.3) is 0 Å². The van der Waals surface area contributed by atoms with Crippen molar-refractivity contribution in [2.45, 2.75) is 32.4 Å². The fourth-order valence-electron chi connectivity index (χ4n) is 1.12. The molecule has 15 heavy (non-hydrogen) atoms. The summed E-state index contributed by atoms with van der Waals surface area (Å²) in [5, 5.41) is 22.3. The van der Waals surface area contributed by atoms with Crippen molar-refractivity contribution in [2.24, 2.45) is 0 Å². The third-order valence-electron chi connectivity index (χ3n) is 1.85. The molecule has 1 atom stereocenters. The predicted octanol–water partition coefficient (Wildman–Crippen LogP) is -1.05. The summed E-state index contributed by atoms with van der Waals surface area (Å²) in [6, 6.07) is 0. The molecule has 2 N–H and O–H groups in total. The van der Waals surface area contributed by atoms with Crippen molar-refractivity contribution in [3.05, 3.63) is 6.33 Å². The van der Waals surface area contributed by atoms with Gasteiger partial charge in [-0.15, -0.1) is 5.10 Å². The zero-order valence-electron chi connectivity index (χ0n) is 8.63. The van der Waals surface area contributed by atoms with Crippen LogP contribution in [0.1, 0.15) is 19.8 Å². The van der Waals surface area contributed by atoms with E-state index in [0.29, 0.717) is 6.42 Å². The minimum atomic E-state index is -0.479. The number of nitrogens with zero attached hydrogens (tertiary/aromatic N) is 4. The van der Waals surface area contributed by atoms with Gasteiger partial charge < -0.3 is 10.4 Å². The smallest absolute Gasteiger partial charge is 0.241 e. The number of hydrogen-bond acceptors (Lipinski definition) is 5. The molecule has 0 saturated heterocycles. The van der Waals surface area contributed by atoms with Gasteiger partial charge in [-0.2, -0.15) is 0 Å². The number of tetrazole rings is 1. The summed E-state index contributed by atoms with van der Waals surface area (Å²) in [7, 11) is 0. The molecular formula is C8H15N5O2. The molecule has 0 bridgehead atoms. The number of carbonyl (C=O) groups is 1. The van der Waals surface area contributed by atoms with E-state index in [4.69, 9.17) is 0 Å². The standard InChI is InChI=1S/C8H15N5O2/c1-2-3-7(14)4-9-8(15)5-13-6-10-11-12-13/h6-7,14H,2-5H2,1H3,(H,9,15). The number of rotatable bonds is 6. The van der Waals surface area contributed by atoms with Crippen molar-refractivity contribution >= 4 is 5.91 Å². The monoisotopic (exact) mass is 213 g/mol. The molecular weight excluding hydrogens is 198 g/mol. The fraction of sp³-hybridized carbons (Fsp3) is 0.750. The summed E-state index contributed by atoms with van der Waals surface area (Å²) in [5.74, 6) is -0.211. The highest BCUT2D eigenvalue weighted by molar-refractivity contribution is 5.75. The molecule has 0 spiro atoms. The lowest BCUT2D eigenvalue weighted by Gasteiger charge is -2.10. The van der Waals surface area contributed by atoms with E-state index in [-0.39, 0.29) is 19.0 Å². The van der Waals surface area contributed by atoms with Gasteiger partial charge in [0.15, 0.2) is 0 Å². The van der Waals surface area contributed by atoms with Crippen molar-refractivity contribution in [3.63, 3.8) is 0 Å². The Kier molecular flexibility index (Phi) is 4.69. The van der Waals surface area contributed by atoms with Crippen LogP contribution >= 0.6 is 0 Å². The summed E-state index contributed by atoms with van der Waals surface area (Å²) >= 11 is 0. The van der Waals surface area contributed by atoms with E-state index < -0.39 is 6.10 Å². The van der Waals surface area contributed by atoms with Crippen LogP contribution in [0, 0.1) is 0 Å². The van der Waals surface area contributed by atoms with Gasteiger partial charge in [-0.3, -0.25) is 4.79 Å². The van der Waals surface area contributed by atoms with E-state index in [9.17, 15) is 9.90 Å². The average molecular weight is 213 g/mol. The maximum absolute atomic E-state index is 11.3. The summed E-state index contributed by atoms with van der Waals surface area (Å²) < 4.78 is 1.32. The third-order valence-corrected chi connectivity index (χ3v) is 1.85. The second-order valence-electron chi connectivity index (χ2n) is 3.25. The first-order chi connectivity index (χ1) is 7.22. The number of aliphatic hydroxyl groups excluding tert-OH is 1. The lowest BCUT2D eigenvalue weighted by atomic mass is 10.2. The maximum atomic E-state index is 11.3. The van der Waals surface area contributed by atoms with Crippen LogP contribution in [-0.4, -0.2) is 43.9 Å². The summed E-state index contributed by atoms with van der Waals surface area (Å²) in [6.07, 6.45) is 2.46. The molecule has 0 radical (unpaired) electrons. The predicted molar refractivity (Wildman–Crippen MR) is 51.7 cm³/mol. The van der Waals surface area contributed by atoms with Crippen molar-refractivity contribution in [3.8, 4) is 0 Å². The van der Waals surface area contributed by atoms with Gasteiger partial charge in [-0.05, 0) is 16.8 Å². The van der Waals surface area contributed by atoms with E-state index in [1.807, 2.05) is 6.92 Å². The molecule has 0 aliphatic heterocycles. The van der Waals surface area contributed by atoms with Crippen LogP contribution in [-0.2, 0) is 11.3 Å². The molecule has 1 aromatic heterocycles. The molecule has 0 aromatic carbocycles. The van der Waals surface area contributed by atoms with Crippen LogP contribution in [0.3, 0.4) is 0 Å². The van der Waals surface area contributed by atoms with Gasteiger partial charge in [-0.25, -0.2) is 4.68 Å². The highest BCUT2D eigenvalue weighted by atomic mass is 16.3. The second-order valence-corrected chi connectivity index (χ2v) is 3.25. The molecule has 1 rings (SSSR count). The van der Waals surface area contributed by atoms with Crippen LogP contribution in [0.2, 0.25) is 0 Å². The van der Waals surface area contributed by atoms with E-state index in [2.05, 4.69) is 20.8 Å². The third kappa shape index (κ3) is 4.50. The van der Waals surface area contributed by atoms with E-state index in [0.717, 1.165) is 6.42 Å². The lowest BCUT2D eigenvalue weighted by molar-refractivity contribution is -0.122. The van der Waals surface area contributed by atoms with Gasteiger partial charge in [0.2, 0.25) is 5.91 Å². The maximum Gasteiger partial charge on any atom is 0.241 e.